The van der Waals surface area contributed by atoms with Gasteiger partial charge in [-0.3, -0.25) is 0 Å². The summed E-state index contributed by atoms with van der Waals surface area (Å²) in [5.74, 6) is 1.27. The van der Waals surface area contributed by atoms with Crippen molar-refractivity contribution in [3.8, 4) is 0 Å². The number of aromatic nitrogens is 2. The molecule has 0 aliphatic heterocycles. The summed E-state index contributed by atoms with van der Waals surface area (Å²) in [6.45, 7) is 10.1. The molecule has 0 saturated heterocycles. The lowest BCUT2D eigenvalue weighted by atomic mass is 10.2. The number of nitrogens with one attached hydrogen (secondary N) is 1. The molecule has 16 heavy (non-hydrogen) atoms. The predicted octanol–water partition coefficient (Wildman–Crippen LogP) is 1.66. The smallest absolute Gasteiger partial charge is 0.318 e. The summed E-state index contributed by atoms with van der Waals surface area (Å²) in [4.78, 5) is 1.96. The van der Waals surface area contributed by atoms with E-state index in [-0.39, 0.29) is 0 Å². The molecule has 0 fully saturated rings. The first-order valence-corrected chi connectivity index (χ1v) is 5.76. The average Bonchev–Trinajstić information content (AvgIpc) is 2.64. The maximum Gasteiger partial charge on any atom is 0.318 e. The highest BCUT2D eigenvalue weighted by Gasteiger charge is 2.12. The third-order valence-electron chi connectivity index (χ3n) is 2.36. The van der Waals surface area contributed by atoms with Crippen molar-refractivity contribution in [3.05, 3.63) is 5.89 Å². The van der Waals surface area contributed by atoms with Crippen LogP contribution in [0.4, 0.5) is 6.01 Å². The van der Waals surface area contributed by atoms with Crippen LogP contribution in [0.5, 0.6) is 0 Å². The van der Waals surface area contributed by atoms with Gasteiger partial charge >= 0.3 is 6.01 Å². The van der Waals surface area contributed by atoms with E-state index < -0.39 is 0 Å². The Bertz CT molecular complexity index is 309. The Hall–Kier alpha value is -1.10. The van der Waals surface area contributed by atoms with Gasteiger partial charge in [0.1, 0.15) is 0 Å². The van der Waals surface area contributed by atoms with Crippen molar-refractivity contribution < 1.29 is 4.42 Å². The molecule has 1 aromatic rings. The van der Waals surface area contributed by atoms with Gasteiger partial charge in [-0.1, -0.05) is 18.9 Å². The van der Waals surface area contributed by atoms with E-state index in [2.05, 4.69) is 43.2 Å². The van der Waals surface area contributed by atoms with E-state index in [0.717, 1.165) is 6.54 Å². The minimum atomic E-state index is 0.358. The first-order valence-electron chi connectivity index (χ1n) is 5.76. The van der Waals surface area contributed by atoms with Crippen LogP contribution in [0.3, 0.4) is 0 Å². The first kappa shape index (κ1) is 13.0. The van der Waals surface area contributed by atoms with E-state index in [0.29, 0.717) is 30.4 Å². The molecule has 1 aromatic heterocycles. The predicted molar refractivity (Wildman–Crippen MR) is 64.4 cm³/mol. The topological polar surface area (TPSA) is 54.2 Å². The van der Waals surface area contributed by atoms with Crippen molar-refractivity contribution in [1.82, 2.24) is 15.5 Å². The van der Waals surface area contributed by atoms with Gasteiger partial charge < -0.3 is 14.6 Å². The number of hydrogen-bond donors (Lipinski definition) is 1. The van der Waals surface area contributed by atoms with E-state index in [1.165, 1.54) is 0 Å². The Morgan fingerprint density at radius 3 is 2.50 bits per heavy atom. The van der Waals surface area contributed by atoms with E-state index in [1.807, 2.05) is 11.9 Å². The van der Waals surface area contributed by atoms with Crippen molar-refractivity contribution in [2.75, 3.05) is 18.5 Å². The molecule has 0 unspecified atom stereocenters. The van der Waals surface area contributed by atoms with Gasteiger partial charge in [-0.15, -0.1) is 5.10 Å². The Balaban J connectivity index is 2.45. The Morgan fingerprint density at radius 1 is 1.25 bits per heavy atom. The first-order chi connectivity index (χ1) is 7.50. The van der Waals surface area contributed by atoms with Crippen LogP contribution in [0, 0.1) is 5.92 Å². The van der Waals surface area contributed by atoms with Crippen LogP contribution in [0.1, 0.15) is 33.6 Å². The van der Waals surface area contributed by atoms with Crippen LogP contribution in [0.15, 0.2) is 4.42 Å². The molecule has 1 N–H and O–H groups in total. The number of anilines is 1. The summed E-state index contributed by atoms with van der Waals surface area (Å²) >= 11 is 0. The Kier molecular flexibility index (Phi) is 4.73. The number of nitrogens with zero attached hydrogens (tertiary/aromatic N) is 3. The third-order valence-corrected chi connectivity index (χ3v) is 2.36. The van der Waals surface area contributed by atoms with E-state index in [9.17, 15) is 0 Å². The molecule has 0 bridgehead atoms. The van der Waals surface area contributed by atoms with Crippen LogP contribution >= 0.6 is 0 Å². The fourth-order valence-corrected chi connectivity index (χ4v) is 1.15. The fourth-order valence-electron chi connectivity index (χ4n) is 1.15. The molecule has 92 valence electrons. The second-order valence-electron chi connectivity index (χ2n) is 4.71. The lowest BCUT2D eigenvalue weighted by molar-refractivity contribution is 0.446. The van der Waals surface area contributed by atoms with Crippen LogP contribution in [0.25, 0.3) is 0 Å². The summed E-state index contributed by atoms with van der Waals surface area (Å²) in [6.07, 6.45) is 0. The molecule has 0 aliphatic carbocycles. The molecule has 0 radical (unpaired) electrons. The third kappa shape index (κ3) is 3.81. The Morgan fingerprint density at radius 2 is 1.94 bits per heavy atom. The SMILES string of the molecule is CC(C)CNCc1nnc(N(C)C(C)C)o1. The highest BCUT2D eigenvalue weighted by atomic mass is 16.4. The van der Waals surface area contributed by atoms with Gasteiger partial charge in [-0.25, -0.2) is 0 Å². The van der Waals surface area contributed by atoms with Crippen molar-refractivity contribution >= 4 is 6.01 Å². The van der Waals surface area contributed by atoms with Crippen molar-refractivity contribution in [1.29, 1.82) is 0 Å². The number of rotatable bonds is 6. The molecule has 0 aliphatic rings. The van der Waals surface area contributed by atoms with Gasteiger partial charge in [0.2, 0.25) is 5.89 Å². The zero-order valence-corrected chi connectivity index (χ0v) is 10.8. The van der Waals surface area contributed by atoms with E-state index in [4.69, 9.17) is 4.42 Å². The maximum absolute atomic E-state index is 5.53. The molecule has 0 atom stereocenters. The second kappa shape index (κ2) is 5.84. The fraction of sp³-hybridized carbons (Fsp3) is 0.818. The monoisotopic (exact) mass is 226 g/mol. The van der Waals surface area contributed by atoms with Crippen LogP contribution < -0.4 is 10.2 Å². The molecule has 0 spiro atoms. The standard InChI is InChI=1S/C11H22N4O/c1-8(2)6-12-7-10-13-14-11(16-10)15(5)9(3)4/h8-9,12H,6-7H2,1-5H3. The molecule has 1 heterocycles. The Labute approximate surface area is 97.2 Å². The van der Waals surface area contributed by atoms with Gasteiger partial charge in [0, 0.05) is 13.1 Å². The van der Waals surface area contributed by atoms with Gasteiger partial charge in [0.05, 0.1) is 6.54 Å². The highest BCUT2D eigenvalue weighted by molar-refractivity contribution is 5.23. The number of hydrogen-bond acceptors (Lipinski definition) is 5. The zero-order chi connectivity index (χ0) is 12.1. The van der Waals surface area contributed by atoms with E-state index in [1.54, 1.807) is 0 Å². The lowest BCUT2D eigenvalue weighted by Crippen LogP contribution is -2.25. The molecule has 0 amide bonds. The van der Waals surface area contributed by atoms with Crippen LogP contribution in [0.2, 0.25) is 0 Å². The summed E-state index contributed by atoms with van der Waals surface area (Å²) in [6, 6.07) is 0.938. The van der Waals surface area contributed by atoms with Gasteiger partial charge in [-0.05, 0) is 26.3 Å². The van der Waals surface area contributed by atoms with Gasteiger partial charge in [0.15, 0.2) is 0 Å². The summed E-state index contributed by atoms with van der Waals surface area (Å²) < 4.78 is 5.53. The molecule has 5 nitrogen and oxygen atoms in total. The molecule has 5 heteroatoms. The molecule has 0 saturated carbocycles. The quantitative estimate of drug-likeness (QED) is 0.799. The van der Waals surface area contributed by atoms with Gasteiger partial charge in [0.25, 0.3) is 0 Å². The summed E-state index contributed by atoms with van der Waals surface area (Å²) in [5.41, 5.74) is 0. The summed E-state index contributed by atoms with van der Waals surface area (Å²) in [7, 11) is 1.95. The van der Waals surface area contributed by atoms with Crippen molar-refractivity contribution in [2.24, 2.45) is 5.92 Å². The highest BCUT2D eigenvalue weighted by Crippen LogP contribution is 2.12. The lowest BCUT2D eigenvalue weighted by Gasteiger charge is -2.17. The normalized spacial score (nSPS) is 11.4. The zero-order valence-electron chi connectivity index (χ0n) is 10.8. The molecule has 1 rings (SSSR count). The second-order valence-corrected chi connectivity index (χ2v) is 4.71. The maximum atomic E-state index is 5.53. The average molecular weight is 226 g/mol. The van der Waals surface area contributed by atoms with Crippen LogP contribution in [-0.2, 0) is 6.54 Å². The van der Waals surface area contributed by atoms with Crippen molar-refractivity contribution in [3.63, 3.8) is 0 Å². The van der Waals surface area contributed by atoms with Gasteiger partial charge in [-0.2, -0.15) is 0 Å². The molecular weight excluding hydrogens is 204 g/mol. The summed E-state index contributed by atoms with van der Waals surface area (Å²) in [5, 5.41) is 11.3. The van der Waals surface area contributed by atoms with Crippen LogP contribution in [-0.4, -0.2) is 29.8 Å². The van der Waals surface area contributed by atoms with Crippen molar-refractivity contribution in [2.45, 2.75) is 40.3 Å². The molecular formula is C11H22N4O. The van der Waals surface area contributed by atoms with E-state index >= 15 is 0 Å². The minimum Gasteiger partial charge on any atom is -0.407 e. The molecule has 0 aromatic carbocycles. The largest absolute Gasteiger partial charge is 0.407 e. The minimum absolute atomic E-state index is 0.358.